The topological polar surface area (TPSA) is 139 Å². The van der Waals surface area contributed by atoms with E-state index in [1.54, 1.807) is 6.07 Å². The first-order chi connectivity index (χ1) is 23.7. The van der Waals surface area contributed by atoms with Gasteiger partial charge in [0.25, 0.3) is 0 Å². The number of nitrogens with one attached hydrogen (secondary N) is 2. The fraction of sp³-hybridized carbons (Fsp3) is 0.559. The molecule has 0 unspecified atom stereocenters. The number of thiazole rings is 1. The summed E-state index contributed by atoms with van der Waals surface area (Å²) in [5, 5.41) is 18.1. The summed E-state index contributed by atoms with van der Waals surface area (Å²) in [6.07, 6.45) is 2.39. The number of hydrogen-bond acceptors (Lipinski definition) is 10. The Morgan fingerprint density at radius 2 is 1.98 bits per heavy atom. The molecule has 0 radical (unpaired) electrons. The molecular formula is C34H45F2IN4O7S2. The number of anilines is 1. The van der Waals surface area contributed by atoms with Gasteiger partial charge >= 0.3 is 6.09 Å². The molecule has 1 amide bonds. The largest absolute Gasteiger partial charge is 0.449 e. The molecule has 1 aliphatic carbocycles. The zero-order valence-corrected chi connectivity index (χ0v) is 31.9. The van der Waals surface area contributed by atoms with E-state index in [4.69, 9.17) is 18.5 Å². The lowest BCUT2D eigenvalue weighted by atomic mass is 10.0. The number of ether oxygens (including phenoxy) is 3. The normalized spacial score (nSPS) is 18.3. The van der Waals surface area contributed by atoms with Crippen LogP contribution in [0.15, 0.2) is 47.4 Å². The van der Waals surface area contributed by atoms with E-state index >= 15 is 4.39 Å². The smallest absolute Gasteiger partial charge is 0.407 e. The van der Waals surface area contributed by atoms with Crippen molar-refractivity contribution in [2.75, 3.05) is 40.7 Å². The minimum absolute atomic E-state index is 0.0116. The van der Waals surface area contributed by atoms with Gasteiger partial charge in [-0.25, -0.2) is 27.0 Å². The third-order valence-electron chi connectivity index (χ3n) is 8.06. The van der Waals surface area contributed by atoms with Gasteiger partial charge in [0.15, 0.2) is 11.4 Å². The molecule has 3 atom stereocenters. The van der Waals surface area contributed by atoms with Gasteiger partial charge in [0, 0.05) is 30.2 Å². The number of aliphatic hydroxyl groups is 1. The van der Waals surface area contributed by atoms with Crippen molar-refractivity contribution in [1.82, 2.24) is 14.6 Å². The molecule has 3 N–H and O–H groups in total. The van der Waals surface area contributed by atoms with E-state index < -0.39 is 72.0 Å². The van der Waals surface area contributed by atoms with E-state index in [-0.39, 0.29) is 24.2 Å². The molecule has 11 nitrogen and oxygen atoms in total. The number of halogens is 3. The van der Waals surface area contributed by atoms with Crippen molar-refractivity contribution in [3.05, 3.63) is 53.8 Å². The third kappa shape index (κ3) is 11.8. The van der Waals surface area contributed by atoms with Gasteiger partial charge in [0.1, 0.15) is 18.1 Å². The van der Waals surface area contributed by atoms with Crippen LogP contribution in [0.1, 0.15) is 51.5 Å². The van der Waals surface area contributed by atoms with Crippen molar-refractivity contribution in [2.45, 2.75) is 87.4 Å². The van der Waals surface area contributed by atoms with Crippen molar-refractivity contribution in [3.63, 3.8) is 0 Å². The summed E-state index contributed by atoms with van der Waals surface area (Å²) in [7, 11) is -4.33. The molecule has 1 saturated heterocycles. The molecule has 0 bridgehead atoms. The third-order valence-corrected chi connectivity index (χ3v) is 13.8. The van der Waals surface area contributed by atoms with Gasteiger partial charge in [-0.05, 0) is 88.3 Å². The Kier molecular flexibility index (Phi) is 13.5. The van der Waals surface area contributed by atoms with Gasteiger partial charge in [-0.2, -0.15) is 4.31 Å². The number of rotatable bonds is 16. The molecule has 1 saturated carbocycles. The molecule has 0 spiro atoms. The van der Waals surface area contributed by atoms with Crippen molar-refractivity contribution >= 4 is 61.9 Å². The number of sulfonamides is 1. The quantitative estimate of drug-likeness (QED) is 0.116. The van der Waals surface area contributed by atoms with Gasteiger partial charge in [0.05, 0.1) is 31.9 Å². The first kappa shape index (κ1) is 38.8. The maximum atomic E-state index is 15.1. The average molecular weight is 851 g/mol. The van der Waals surface area contributed by atoms with Crippen LogP contribution in [0.25, 0.3) is 10.2 Å². The number of alkyl halides is 3. The van der Waals surface area contributed by atoms with E-state index in [0.29, 0.717) is 42.6 Å². The molecule has 2 heterocycles. The summed E-state index contributed by atoms with van der Waals surface area (Å²) in [6, 6.07) is 9.30. The second-order valence-electron chi connectivity index (χ2n) is 13.1. The van der Waals surface area contributed by atoms with Crippen LogP contribution in [0.2, 0.25) is 0 Å². The molecule has 3 aromatic rings. The second kappa shape index (κ2) is 17.4. The first-order valence-corrected chi connectivity index (χ1v) is 23.1. The Hall–Kier alpha value is -2.44. The fourth-order valence-electron chi connectivity index (χ4n) is 5.31. The first-order valence-electron chi connectivity index (χ1n) is 16.6. The van der Waals surface area contributed by atoms with Gasteiger partial charge in [-0.1, -0.05) is 23.5 Å². The number of fused-ring (bicyclic) bond motifs is 1. The van der Waals surface area contributed by atoms with Gasteiger partial charge in [-0.3, -0.25) is 0 Å². The van der Waals surface area contributed by atoms with Crippen LogP contribution in [0.3, 0.4) is 0 Å². The number of amides is 1. The Bertz CT molecular complexity index is 1770. The molecule has 50 heavy (non-hydrogen) atoms. The second-order valence-corrected chi connectivity index (χ2v) is 20.6. The molecule has 2 aliphatic rings. The molecule has 2 aromatic carbocycles. The summed E-state index contributed by atoms with van der Waals surface area (Å²) >= 11 is -0.719. The van der Waals surface area contributed by atoms with Gasteiger partial charge < -0.3 is 30.0 Å². The molecule has 5 rings (SSSR count). The molecule has 2 fully saturated rings. The van der Waals surface area contributed by atoms with Gasteiger partial charge in [0.2, 0.25) is 10.0 Å². The SMILES string of the molecule is C#I(CCOC(=O)N[C@@H](Cc1ccc(F)cc1)[C@H](O)CN(CC(C)(C)F)S(=O)(=O)c1ccc2nc(NC3CC3)sc2c1)CO[C@H]1CCCCO1. The van der Waals surface area contributed by atoms with Crippen LogP contribution in [-0.2, 0) is 30.7 Å². The Morgan fingerprint density at radius 1 is 1.22 bits per heavy atom. The minimum atomic E-state index is -4.33. The zero-order chi connectivity index (χ0) is 35.9. The molecule has 1 aliphatic heterocycles. The van der Waals surface area contributed by atoms with Crippen LogP contribution in [0, 0.1) is 10.1 Å². The summed E-state index contributed by atoms with van der Waals surface area (Å²) in [6.45, 7) is 2.07. The van der Waals surface area contributed by atoms with Crippen molar-refractivity contribution in [3.8, 4) is 4.31 Å². The minimum Gasteiger partial charge on any atom is -0.449 e. The van der Waals surface area contributed by atoms with E-state index in [0.717, 1.165) is 36.4 Å². The highest BCUT2D eigenvalue weighted by Crippen LogP contribution is 2.33. The van der Waals surface area contributed by atoms with Crippen molar-refractivity contribution in [2.24, 2.45) is 0 Å². The van der Waals surface area contributed by atoms with E-state index in [2.05, 4.69) is 15.6 Å². The number of carbonyl (C=O) groups excluding carboxylic acids is 1. The van der Waals surface area contributed by atoms with Crippen molar-refractivity contribution in [1.29, 1.82) is 0 Å². The maximum absolute atomic E-state index is 15.1. The molecular weight excluding hydrogens is 805 g/mol. The number of carbonyl (C=O) groups is 1. The molecule has 1 aromatic heterocycles. The fourth-order valence-corrected chi connectivity index (χ4v) is 9.96. The average Bonchev–Trinajstić information content (AvgIpc) is 3.79. The predicted octanol–water partition coefficient (Wildman–Crippen LogP) is 6.04. The van der Waals surface area contributed by atoms with Gasteiger partial charge in [-0.15, -0.1) is 23.5 Å². The van der Waals surface area contributed by atoms with Crippen LogP contribution >= 0.6 is 30.5 Å². The highest BCUT2D eigenvalue weighted by atomic mass is 127. The molecule has 276 valence electrons. The number of benzene rings is 2. The Balaban J connectivity index is 1.27. The zero-order valence-electron chi connectivity index (χ0n) is 28.2. The summed E-state index contributed by atoms with van der Waals surface area (Å²) in [5.41, 5.74) is -0.761. The molecule has 16 heteroatoms. The summed E-state index contributed by atoms with van der Waals surface area (Å²) in [5.74, 6) is -0.464. The highest BCUT2D eigenvalue weighted by Gasteiger charge is 2.35. The standard InChI is InChI=1S/C34H45F2IN4O7S2/c1-34(2,36)21-41(50(44,45)26-13-14-27-30(19-26)49-32(39-27)38-25-11-12-25)20-29(42)28(18-23-7-9-24(35)10-8-23)40-33(43)47-17-15-37(3)22-48-31-6-4-5-16-46-31/h3,7-10,13-14,19,25,28-29,31,42H,4-6,11-12,15-18,20-22H2,1-2H3,(H,38,39)(H,40,43)/t28-,29+,31-/m0/s1. The van der Waals surface area contributed by atoms with Crippen molar-refractivity contribution < 1.29 is 41.3 Å². The van der Waals surface area contributed by atoms with Crippen LogP contribution in [-0.4, -0.2) is 94.4 Å². The maximum Gasteiger partial charge on any atom is 0.407 e. The van der Waals surface area contributed by atoms with E-state index in [1.807, 2.05) is 0 Å². The number of aliphatic hydroxyl groups excluding tert-OH is 1. The number of nitrogens with zero attached hydrogens (tertiary/aromatic N) is 2. The lowest BCUT2D eigenvalue weighted by Crippen LogP contribution is -2.52. The van der Waals surface area contributed by atoms with Crippen LogP contribution in [0.4, 0.5) is 18.7 Å². The Labute approximate surface area is 302 Å². The number of aromatic nitrogens is 1. The van der Waals surface area contributed by atoms with Crippen LogP contribution < -0.4 is 10.6 Å². The van der Waals surface area contributed by atoms with E-state index in [1.165, 1.54) is 61.6 Å². The monoisotopic (exact) mass is 850 g/mol. The summed E-state index contributed by atoms with van der Waals surface area (Å²) < 4.78 is 82.2. The number of hydrogen-bond donors (Lipinski definition) is 3. The number of alkyl carbamates (subject to hydrolysis) is 1. The highest BCUT2D eigenvalue weighted by molar-refractivity contribution is 14.2. The Morgan fingerprint density at radius 3 is 2.66 bits per heavy atom. The lowest BCUT2D eigenvalue weighted by molar-refractivity contribution is -0.147. The lowest BCUT2D eigenvalue weighted by Gasteiger charge is -2.32. The van der Waals surface area contributed by atoms with E-state index in [9.17, 15) is 22.7 Å². The predicted molar refractivity (Wildman–Crippen MR) is 198 cm³/mol. The summed E-state index contributed by atoms with van der Waals surface area (Å²) in [4.78, 5) is 17.4. The van der Waals surface area contributed by atoms with Crippen LogP contribution in [0.5, 0.6) is 0 Å².